The van der Waals surface area contributed by atoms with Crippen molar-refractivity contribution in [3.8, 4) is 5.75 Å². The summed E-state index contributed by atoms with van der Waals surface area (Å²) in [6, 6.07) is 3.89. The Morgan fingerprint density at radius 3 is 2.89 bits per heavy atom. The van der Waals surface area contributed by atoms with Gasteiger partial charge in [-0.15, -0.1) is 5.10 Å². The largest absolute Gasteiger partial charge is 0.494 e. The minimum atomic E-state index is -0.551. The highest BCUT2D eigenvalue weighted by Crippen LogP contribution is 2.29. The van der Waals surface area contributed by atoms with Crippen LogP contribution in [0.5, 0.6) is 5.75 Å². The van der Waals surface area contributed by atoms with Crippen LogP contribution in [0.1, 0.15) is 6.42 Å². The van der Waals surface area contributed by atoms with Crippen molar-refractivity contribution >= 4 is 29.0 Å². The number of nitrogens with one attached hydrogen (secondary N) is 2. The molecular formula is C15H19N5O6S. The molecule has 0 fully saturated rings. The van der Waals surface area contributed by atoms with E-state index in [2.05, 4.69) is 15.5 Å². The Hall–Kier alpha value is -2.86. The van der Waals surface area contributed by atoms with E-state index in [1.54, 1.807) is 7.11 Å². The lowest BCUT2D eigenvalue weighted by Crippen LogP contribution is -2.19. The number of methoxy groups -OCH3 is 2. The fraction of sp³-hybridized carbons (Fsp3) is 0.400. The Bertz CT molecular complexity index is 865. The van der Waals surface area contributed by atoms with Crippen LogP contribution in [-0.4, -0.2) is 52.2 Å². The number of rotatable bonds is 10. The molecule has 0 saturated carbocycles. The number of benzene rings is 1. The molecule has 2 rings (SSSR count). The van der Waals surface area contributed by atoms with E-state index < -0.39 is 4.92 Å². The topological polar surface area (TPSA) is 141 Å². The first-order valence-electron chi connectivity index (χ1n) is 7.85. The van der Waals surface area contributed by atoms with Gasteiger partial charge in [0.2, 0.25) is 5.91 Å². The van der Waals surface area contributed by atoms with Crippen molar-refractivity contribution in [3.63, 3.8) is 0 Å². The number of carbonyl (C=O) groups excluding carboxylic acids is 1. The third kappa shape index (κ3) is 5.56. The van der Waals surface area contributed by atoms with Gasteiger partial charge in [-0.3, -0.25) is 19.5 Å². The minimum Gasteiger partial charge on any atom is -0.494 e. The van der Waals surface area contributed by atoms with Crippen molar-refractivity contribution in [1.29, 1.82) is 0 Å². The summed E-state index contributed by atoms with van der Waals surface area (Å²) in [5.41, 5.74) is -0.185. The molecule has 0 spiro atoms. The van der Waals surface area contributed by atoms with Crippen LogP contribution in [-0.2, 0) is 16.1 Å². The van der Waals surface area contributed by atoms with Gasteiger partial charge in [-0.1, -0.05) is 11.8 Å². The number of nitro groups is 1. The average molecular weight is 397 g/mol. The number of aromatic amines is 1. The van der Waals surface area contributed by atoms with Crippen LogP contribution in [0.25, 0.3) is 0 Å². The maximum Gasteiger partial charge on any atom is 0.343 e. The highest BCUT2D eigenvalue weighted by molar-refractivity contribution is 7.99. The van der Waals surface area contributed by atoms with Gasteiger partial charge in [0.15, 0.2) is 5.16 Å². The number of amides is 1. The zero-order chi connectivity index (χ0) is 19.8. The highest BCUT2D eigenvalue weighted by atomic mass is 32.2. The summed E-state index contributed by atoms with van der Waals surface area (Å²) in [5, 5.41) is 20.1. The molecule has 0 bridgehead atoms. The second kappa shape index (κ2) is 9.73. The summed E-state index contributed by atoms with van der Waals surface area (Å²) in [6.07, 6.45) is 0.635. The van der Waals surface area contributed by atoms with Gasteiger partial charge in [0, 0.05) is 26.3 Å². The molecule has 11 nitrogen and oxygen atoms in total. The standard InChI is InChI=1S/C15H19N5O6S/c1-25-7-3-6-19-14(22)17-18-15(19)27-9-13(21)16-11-5-4-10(20(23)24)8-12(11)26-2/h4-5,8H,3,6-7,9H2,1-2H3,(H,16,21)(H,17,22). The lowest BCUT2D eigenvalue weighted by Gasteiger charge is -2.10. The Labute approximate surface area is 158 Å². The number of H-pyrrole nitrogens is 1. The second-order valence-electron chi connectivity index (χ2n) is 5.29. The molecule has 0 aliphatic heterocycles. The molecule has 1 aromatic heterocycles. The number of carbonyl (C=O) groups is 1. The molecule has 1 heterocycles. The van der Waals surface area contributed by atoms with Crippen LogP contribution < -0.4 is 15.7 Å². The van der Waals surface area contributed by atoms with Gasteiger partial charge in [-0.2, -0.15) is 0 Å². The van der Waals surface area contributed by atoms with E-state index in [0.717, 1.165) is 11.8 Å². The van der Waals surface area contributed by atoms with Crippen LogP contribution in [0, 0.1) is 10.1 Å². The summed E-state index contributed by atoms with van der Waals surface area (Å²) in [4.78, 5) is 34.2. The third-order valence-electron chi connectivity index (χ3n) is 3.46. The summed E-state index contributed by atoms with van der Waals surface area (Å²) >= 11 is 1.09. The van der Waals surface area contributed by atoms with Crippen LogP contribution in [0.2, 0.25) is 0 Å². The maximum atomic E-state index is 12.2. The van der Waals surface area contributed by atoms with E-state index in [4.69, 9.17) is 9.47 Å². The number of aromatic nitrogens is 3. The number of thioether (sulfide) groups is 1. The SMILES string of the molecule is COCCCn1c(SCC(=O)Nc2ccc([N+](=O)[O-])cc2OC)n[nH]c1=O. The zero-order valence-electron chi connectivity index (χ0n) is 14.8. The van der Waals surface area contributed by atoms with Crippen molar-refractivity contribution in [2.75, 3.05) is 31.9 Å². The van der Waals surface area contributed by atoms with E-state index in [0.29, 0.717) is 30.4 Å². The van der Waals surface area contributed by atoms with E-state index in [-0.39, 0.29) is 28.8 Å². The molecule has 1 aromatic carbocycles. The number of non-ortho nitro benzene ring substituents is 1. The molecule has 146 valence electrons. The first kappa shape index (κ1) is 20.5. The molecule has 0 unspecified atom stereocenters. The summed E-state index contributed by atoms with van der Waals surface area (Å²) in [7, 11) is 2.93. The molecule has 0 saturated heterocycles. The monoisotopic (exact) mass is 397 g/mol. The van der Waals surface area contributed by atoms with E-state index in [1.807, 2.05) is 0 Å². The van der Waals surface area contributed by atoms with Crippen molar-refractivity contribution in [2.45, 2.75) is 18.1 Å². The number of anilines is 1. The molecule has 0 radical (unpaired) electrons. The van der Waals surface area contributed by atoms with E-state index >= 15 is 0 Å². The average Bonchev–Trinajstić information content (AvgIpc) is 3.00. The smallest absolute Gasteiger partial charge is 0.343 e. The summed E-state index contributed by atoms with van der Waals surface area (Å²) in [6.45, 7) is 0.922. The predicted molar refractivity (Wildman–Crippen MR) is 98.3 cm³/mol. The van der Waals surface area contributed by atoms with Crippen molar-refractivity contribution in [1.82, 2.24) is 14.8 Å². The van der Waals surface area contributed by atoms with Crippen LogP contribution in [0.3, 0.4) is 0 Å². The van der Waals surface area contributed by atoms with Crippen molar-refractivity contribution in [2.24, 2.45) is 0 Å². The van der Waals surface area contributed by atoms with Gasteiger partial charge >= 0.3 is 5.69 Å². The van der Waals surface area contributed by atoms with E-state index in [1.165, 1.54) is 29.9 Å². The molecule has 0 aliphatic carbocycles. The Kier molecular flexibility index (Phi) is 7.37. The summed E-state index contributed by atoms with van der Waals surface area (Å²) < 4.78 is 11.5. The first-order valence-corrected chi connectivity index (χ1v) is 8.84. The van der Waals surface area contributed by atoms with Crippen LogP contribution >= 0.6 is 11.8 Å². The number of ether oxygens (including phenoxy) is 2. The van der Waals surface area contributed by atoms with Crippen LogP contribution in [0.4, 0.5) is 11.4 Å². The van der Waals surface area contributed by atoms with Gasteiger partial charge in [0.1, 0.15) is 5.75 Å². The van der Waals surface area contributed by atoms with Crippen LogP contribution in [0.15, 0.2) is 28.2 Å². The van der Waals surface area contributed by atoms with Gasteiger partial charge in [0.05, 0.1) is 29.5 Å². The lowest BCUT2D eigenvalue weighted by atomic mass is 10.2. The lowest BCUT2D eigenvalue weighted by molar-refractivity contribution is -0.384. The molecule has 12 heteroatoms. The number of nitro benzene ring substituents is 1. The van der Waals surface area contributed by atoms with Crippen molar-refractivity contribution in [3.05, 3.63) is 38.8 Å². The first-order chi connectivity index (χ1) is 13.0. The molecule has 0 atom stereocenters. The molecule has 27 heavy (non-hydrogen) atoms. The molecular weight excluding hydrogens is 378 g/mol. The Balaban J connectivity index is 1.99. The number of nitrogens with zero attached hydrogens (tertiary/aromatic N) is 3. The van der Waals surface area contributed by atoms with Gasteiger partial charge in [-0.05, 0) is 12.5 Å². The third-order valence-corrected chi connectivity index (χ3v) is 4.43. The predicted octanol–water partition coefficient (Wildman–Crippen LogP) is 1.26. The number of hydrogen-bond acceptors (Lipinski definition) is 8. The normalized spacial score (nSPS) is 10.6. The molecule has 2 aromatic rings. The van der Waals surface area contributed by atoms with Gasteiger partial charge in [0.25, 0.3) is 5.69 Å². The number of hydrogen-bond donors (Lipinski definition) is 2. The quantitative estimate of drug-likeness (QED) is 0.264. The molecule has 2 N–H and O–H groups in total. The maximum absolute atomic E-state index is 12.2. The van der Waals surface area contributed by atoms with Crippen molar-refractivity contribution < 1.29 is 19.2 Å². The highest BCUT2D eigenvalue weighted by Gasteiger charge is 2.15. The fourth-order valence-electron chi connectivity index (χ4n) is 2.19. The Morgan fingerprint density at radius 1 is 1.44 bits per heavy atom. The zero-order valence-corrected chi connectivity index (χ0v) is 15.6. The van der Waals surface area contributed by atoms with Gasteiger partial charge in [-0.25, -0.2) is 9.89 Å². The fourth-order valence-corrected chi connectivity index (χ4v) is 2.96. The second-order valence-corrected chi connectivity index (χ2v) is 6.23. The molecule has 1 amide bonds. The van der Waals surface area contributed by atoms with E-state index in [9.17, 15) is 19.7 Å². The van der Waals surface area contributed by atoms with Gasteiger partial charge < -0.3 is 14.8 Å². The minimum absolute atomic E-state index is 0.00525. The molecule has 0 aliphatic rings. The summed E-state index contributed by atoms with van der Waals surface area (Å²) in [5.74, 6) is -0.195. The Morgan fingerprint density at radius 2 is 2.22 bits per heavy atom.